The normalized spacial score (nSPS) is 20.5. The van der Waals surface area contributed by atoms with Crippen LogP contribution in [0, 0.1) is 5.92 Å². The summed E-state index contributed by atoms with van der Waals surface area (Å²) < 4.78 is 5.59. The minimum absolute atomic E-state index is 0.109. The molecule has 24 heavy (non-hydrogen) atoms. The number of esters is 1. The Morgan fingerprint density at radius 1 is 1.12 bits per heavy atom. The Morgan fingerprint density at radius 3 is 2.33 bits per heavy atom. The van der Waals surface area contributed by atoms with Crippen LogP contribution in [0.15, 0.2) is 24.3 Å². The summed E-state index contributed by atoms with van der Waals surface area (Å²) in [6, 6.07) is 7.38. The number of carbonyl (C=O) groups is 2. The van der Waals surface area contributed by atoms with Crippen LogP contribution < -0.4 is 10.2 Å². The van der Waals surface area contributed by atoms with Gasteiger partial charge in [-0.2, -0.15) is 0 Å². The maximum absolute atomic E-state index is 12.5. The molecule has 1 N–H and O–H groups in total. The van der Waals surface area contributed by atoms with Crippen LogP contribution in [0.4, 0.5) is 5.69 Å². The number of hydrogen-bond donors (Lipinski definition) is 1. The molecule has 5 heteroatoms. The highest BCUT2D eigenvalue weighted by Crippen LogP contribution is 2.23. The maximum atomic E-state index is 12.5. The average Bonchev–Trinajstić information content (AvgIpc) is 2.56. The molecular weight excluding hydrogens is 304 g/mol. The zero-order chi connectivity index (χ0) is 17.7. The van der Waals surface area contributed by atoms with E-state index in [-0.39, 0.29) is 29.9 Å². The fourth-order valence-electron chi connectivity index (χ4n) is 2.85. The lowest BCUT2D eigenvalue weighted by atomic mass is 9.92. The van der Waals surface area contributed by atoms with Gasteiger partial charge in [-0.3, -0.25) is 9.59 Å². The molecule has 1 aliphatic rings. The van der Waals surface area contributed by atoms with Gasteiger partial charge in [0.15, 0.2) is 0 Å². The van der Waals surface area contributed by atoms with Gasteiger partial charge >= 0.3 is 5.97 Å². The molecule has 132 valence electrons. The number of hydrogen-bond acceptors (Lipinski definition) is 4. The van der Waals surface area contributed by atoms with Crippen LogP contribution in [-0.4, -0.2) is 38.1 Å². The molecule has 0 radical (unpaired) electrons. The fourth-order valence-corrected chi connectivity index (χ4v) is 2.85. The Hall–Kier alpha value is -2.04. The fraction of sp³-hybridized carbons (Fsp3) is 0.579. The van der Waals surface area contributed by atoms with Gasteiger partial charge in [0.05, 0.1) is 12.0 Å². The summed E-state index contributed by atoms with van der Waals surface area (Å²) in [7, 11) is 3.93. The molecule has 0 aliphatic heterocycles. The molecule has 0 saturated heterocycles. The standard InChI is InChI=1S/C19H28N2O3/c1-13(2)19(23)24-17-8-6-5-7-16(17)20-18(22)14-9-11-15(12-10-14)21(3)4/h9-13,16-17H,5-8H2,1-4H3,(H,20,22)/t16-,17+/m0/s1. The first kappa shape index (κ1) is 18.3. The molecule has 0 bridgehead atoms. The molecule has 1 fully saturated rings. The van der Waals surface area contributed by atoms with E-state index in [0.29, 0.717) is 5.56 Å². The van der Waals surface area contributed by atoms with Gasteiger partial charge < -0.3 is 15.0 Å². The van der Waals surface area contributed by atoms with Crippen molar-refractivity contribution in [2.24, 2.45) is 5.92 Å². The number of rotatable bonds is 5. The van der Waals surface area contributed by atoms with E-state index in [1.54, 1.807) is 0 Å². The van der Waals surface area contributed by atoms with Crippen molar-refractivity contribution in [3.05, 3.63) is 29.8 Å². The Morgan fingerprint density at radius 2 is 1.75 bits per heavy atom. The molecule has 1 aliphatic carbocycles. The molecule has 1 aromatic rings. The SMILES string of the molecule is CC(C)C(=O)O[C@@H]1CCCC[C@@H]1NC(=O)c1ccc(N(C)C)cc1. The molecule has 2 rings (SSSR count). The van der Waals surface area contributed by atoms with E-state index in [1.807, 2.05) is 57.1 Å². The Bertz CT molecular complexity index is 566. The number of benzene rings is 1. The molecule has 5 nitrogen and oxygen atoms in total. The molecule has 0 heterocycles. The van der Waals surface area contributed by atoms with E-state index in [0.717, 1.165) is 31.4 Å². The van der Waals surface area contributed by atoms with E-state index in [9.17, 15) is 9.59 Å². The maximum Gasteiger partial charge on any atom is 0.308 e. The monoisotopic (exact) mass is 332 g/mol. The highest BCUT2D eigenvalue weighted by atomic mass is 16.5. The summed E-state index contributed by atoms with van der Waals surface area (Å²) in [5.74, 6) is -0.462. The summed E-state index contributed by atoms with van der Waals surface area (Å²) in [5, 5.41) is 3.05. The van der Waals surface area contributed by atoms with Crippen molar-refractivity contribution in [2.75, 3.05) is 19.0 Å². The van der Waals surface area contributed by atoms with Crippen LogP contribution in [0.1, 0.15) is 49.9 Å². The Labute approximate surface area is 144 Å². The number of nitrogens with one attached hydrogen (secondary N) is 1. The Balaban J connectivity index is 2.00. The van der Waals surface area contributed by atoms with Crippen molar-refractivity contribution in [1.82, 2.24) is 5.32 Å². The van der Waals surface area contributed by atoms with E-state index in [4.69, 9.17) is 4.74 Å². The molecule has 2 atom stereocenters. The molecule has 0 aromatic heterocycles. The molecular formula is C19H28N2O3. The highest BCUT2D eigenvalue weighted by Gasteiger charge is 2.30. The lowest BCUT2D eigenvalue weighted by Gasteiger charge is -2.32. The second-order valence-corrected chi connectivity index (χ2v) is 6.94. The average molecular weight is 332 g/mol. The third kappa shape index (κ3) is 4.73. The van der Waals surface area contributed by atoms with Gasteiger partial charge in [-0.25, -0.2) is 0 Å². The first-order valence-corrected chi connectivity index (χ1v) is 8.67. The Kier molecular flexibility index (Phi) is 6.23. The van der Waals surface area contributed by atoms with Crippen molar-refractivity contribution >= 4 is 17.6 Å². The van der Waals surface area contributed by atoms with Gasteiger partial charge in [0, 0.05) is 25.3 Å². The van der Waals surface area contributed by atoms with Gasteiger partial charge in [0.1, 0.15) is 6.10 Å². The number of nitrogens with zero attached hydrogens (tertiary/aromatic N) is 1. The van der Waals surface area contributed by atoms with Crippen molar-refractivity contribution in [3.63, 3.8) is 0 Å². The predicted molar refractivity (Wildman–Crippen MR) is 95.2 cm³/mol. The van der Waals surface area contributed by atoms with Crippen LogP contribution >= 0.6 is 0 Å². The molecule has 1 amide bonds. The highest BCUT2D eigenvalue weighted by molar-refractivity contribution is 5.94. The summed E-state index contributed by atoms with van der Waals surface area (Å²) >= 11 is 0. The smallest absolute Gasteiger partial charge is 0.308 e. The lowest BCUT2D eigenvalue weighted by Crippen LogP contribution is -2.47. The van der Waals surface area contributed by atoms with E-state index < -0.39 is 0 Å². The molecule has 1 saturated carbocycles. The van der Waals surface area contributed by atoms with Crippen LogP contribution in [0.5, 0.6) is 0 Å². The van der Waals surface area contributed by atoms with Crippen molar-refractivity contribution in [3.8, 4) is 0 Å². The topological polar surface area (TPSA) is 58.6 Å². The zero-order valence-electron chi connectivity index (χ0n) is 15.0. The zero-order valence-corrected chi connectivity index (χ0v) is 15.0. The largest absolute Gasteiger partial charge is 0.460 e. The van der Waals surface area contributed by atoms with Crippen molar-refractivity contribution in [2.45, 2.75) is 51.7 Å². The quantitative estimate of drug-likeness (QED) is 0.842. The summed E-state index contributed by atoms with van der Waals surface area (Å²) in [4.78, 5) is 26.4. The number of anilines is 1. The second kappa shape index (κ2) is 8.18. The van der Waals surface area contributed by atoms with Gasteiger partial charge in [0.25, 0.3) is 5.91 Å². The van der Waals surface area contributed by atoms with Gasteiger partial charge in [-0.05, 0) is 43.5 Å². The van der Waals surface area contributed by atoms with E-state index in [2.05, 4.69) is 5.32 Å². The predicted octanol–water partition coefficient (Wildman–Crippen LogP) is 2.99. The summed E-state index contributed by atoms with van der Waals surface area (Å²) in [6.07, 6.45) is 3.50. The van der Waals surface area contributed by atoms with Gasteiger partial charge in [-0.1, -0.05) is 20.3 Å². The summed E-state index contributed by atoms with van der Waals surface area (Å²) in [5.41, 5.74) is 1.67. The van der Waals surface area contributed by atoms with Gasteiger partial charge in [-0.15, -0.1) is 0 Å². The number of carbonyl (C=O) groups excluding carboxylic acids is 2. The summed E-state index contributed by atoms with van der Waals surface area (Å²) in [6.45, 7) is 3.65. The van der Waals surface area contributed by atoms with Crippen LogP contribution in [0.3, 0.4) is 0 Å². The van der Waals surface area contributed by atoms with E-state index >= 15 is 0 Å². The number of amides is 1. The van der Waals surface area contributed by atoms with Crippen molar-refractivity contribution < 1.29 is 14.3 Å². The van der Waals surface area contributed by atoms with Crippen LogP contribution in [0.25, 0.3) is 0 Å². The van der Waals surface area contributed by atoms with Crippen molar-refractivity contribution in [1.29, 1.82) is 0 Å². The molecule has 0 unspecified atom stereocenters. The second-order valence-electron chi connectivity index (χ2n) is 6.94. The number of ether oxygens (including phenoxy) is 1. The minimum Gasteiger partial charge on any atom is -0.460 e. The molecule has 0 spiro atoms. The van der Waals surface area contributed by atoms with Gasteiger partial charge in [0.2, 0.25) is 0 Å². The lowest BCUT2D eigenvalue weighted by molar-refractivity contribution is -0.155. The third-order valence-corrected chi connectivity index (χ3v) is 4.40. The first-order valence-electron chi connectivity index (χ1n) is 8.67. The molecule has 1 aromatic carbocycles. The van der Waals surface area contributed by atoms with E-state index in [1.165, 1.54) is 0 Å². The van der Waals surface area contributed by atoms with Crippen LogP contribution in [0.2, 0.25) is 0 Å². The first-order chi connectivity index (χ1) is 11.4. The third-order valence-electron chi connectivity index (χ3n) is 4.40. The minimum atomic E-state index is -0.223. The van der Waals surface area contributed by atoms with Crippen LogP contribution in [-0.2, 0) is 9.53 Å².